The number of thiol groups is 1. The molecule has 0 aromatic heterocycles. The fourth-order valence-corrected chi connectivity index (χ4v) is 7.50. The summed E-state index contributed by atoms with van der Waals surface area (Å²) in [7, 11) is 0. The minimum Gasteiger partial charge on any atom is -0.494 e. The van der Waals surface area contributed by atoms with Crippen LogP contribution in [0, 0.1) is 11.8 Å². The standard InChI is InChI=1S/C34H43N3O6S/c1-23(38)29-21-27(35-24(2)39)15-18-32(29)37(43-44)19-9-10-20-41-28-16-17-31-30(22-28)34(42-33(40)36-31,25-11-5-3-6-12-25)26-13-7-4-8-14-26/h15-19,21-22,25-26H,3-14,20H2,1-2H3,(H2-,35,36,39,40,44)/p+1. The molecule has 9 nitrogen and oxygen atoms in total. The van der Waals surface area contributed by atoms with Crippen LogP contribution in [-0.2, 0) is 19.4 Å². The molecule has 2 aliphatic carbocycles. The molecule has 0 saturated heterocycles. The quantitative estimate of drug-likeness (QED) is 0.0445. The van der Waals surface area contributed by atoms with Gasteiger partial charge >= 0.3 is 6.09 Å². The lowest BCUT2D eigenvalue weighted by molar-refractivity contribution is -0.672. The zero-order valence-electron chi connectivity index (χ0n) is 25.7. The Morgan fingerprint density at radius 3 is 2.32 bits per heavy atom. The number of ketones is 1. The van der Waals surface area contributed by atoms with Gasteiger partial charge in [-0.1, -0.05) is 38.5 Å². The van der Waals surface area contributed by atoms with Crippen LogP contribution in [0.1, 0.15) is 107 Å². The van der Waals surface area contributed by atoms with Crippen molar-refractivity contribution in [3.8, 4) is 5.75 Å². The van der Waals surface area contributed by atoms with Crippen molar-refractivity contribution >= 4 is 54.0 Å². The first-order chi connectivity index (χ1) is 21.3. The smallest absolute Gasteiger partial charge is 0.412 e. The lowest BCUT2D eigenvalue weighted by Gasteiger charge is -2.50. The number of hydrogen-bond acceptors (Lipinski definition) is 7. The molecule has 44 heavy (non-hydrogen) atoms. The van der Waals surface area contributed by atoms with Gasteiger partial charge in [0.25, 0.3) is 5.69 Å². The molecule has 5 rings (SSSR count). The molecular weight excluding hydrogens is 578 g/mol. The maximum Gasteiger partial charge on any atom is 0.412 e. The molecule has 2 aromatic carbocycles. The topological polar surface area (TPSA) is 106 Å². The number of hydrogen-bond donors (Lipinski definition) is 3. The van der Waals surface area contributed by atoms with Crippen LogP contribution in [0.5, 0.6) is 5.75 Å². The second-order valence-electron chi connectivity index (χ2n) is 12.2. The fourth-order valence-electron chi connectivity index (χ4n) is 7.34. The third-order valence-corrected chi connectivity index (χ3v) is 9.44. The number of benzene rings is 2. The van der Waals surface area contributed by atoms with Crippen molar-refractivity contribution in [3.63, 3.8) is 0 Å². The number of anilines is 2. The van der Waals surface area contributed by atoms with Crippen molar-refractivity contribution < 1.29 is 32.9 Å². The Labute approximate surface area is 265 Å². The molecular formula is C34H44N3O6S+. The lowest BCUT2D eigenvalue weighted by Crippen LogP contribution is -2.51. The number of amides is 2. The summed E-state index contributed by atoms with van der Waals surface area (Å²) < 4.78 is 19.4. The summed E-state index contributed by atoms with van der Waals surface area (Å²) in [5.74, 6) is 1.01. The van der Waals surface area contributed by atoms with E-state index < -0.39 is 5.60 Å². The number of unbranched alkanes of at least 4 members (excludes halogenated alkanes) is 1. The molecule has 2 N–H and O–H groups in total. The second kappa shape index (κ2) is 14.5. The van der Waals surface area contributed by atoms with Gasteiger partial charge in [0.2, 0.25) is 12.1 Å². The number of rotatable bonds is 11. The van der Waals surface area contributed by atoms with Gasteiger partial charge in [-0.15, -0.1) is 0 Å². The van der Waals surface area contributed by atoms with Crippen LogP contribution in [0.4, 0.5) is 21.9 Å². The second-order valence-corrected chi connectivity index (χ2v) is 12.4. The Kier molecular flexibility index (Phi) is 10.5. The van der Waals surface area contributed by atoms with E-state index in [4.69, 9.17) is 13.8 Å². The number of nitrogens with one attached hydrogen (secondary N) is 2. The van der Waals surface area contributed by atoms with E-state index in [1.807, 2.05) is 18.3 Å². The number of nitrogens with zero attached hydrogens (tertiary/aromatic N) is 1. The zero-order chi connectivity index (χ0) is 31.1. The fraction of sp³-hybridized carbons (Fsp3) is 0.529. The van der Waals surface area contributed by atoms with E-state index in [-0.39, 0.29) is 17.8 Å². The summed E-state index contributed by atoms with van der Waals surface area (Å²) in [6.07, 6.45) is 14.2. The number of cyclic esters (lactones) is 1. The average Bonchev–Trinajstić information content (AvgIpc) is 3.03. The Hall–Kier alpha value is -3.53. The SMILES string of the molecule is CC(=O)Nc1ccc([N+](=CCCCOc2ccc3c(c2)C(C2CCCCC2)(C2CCCCC2)OC(=O)N3)OS)c(C(C)=O)c1. The molecule has 10 heteroatoms. The zero-order valence-corrected chi connectivity index (χ0v) is 26.6. The van der Waals surface area contributed by atoms with Crippen LogP contribution >= 0.6 is 12.9 Å². The average molecular weight is 623 g/mol. The maximum absolute atomic E-state index is 12.9. The van der Waals surface area contributed by atoms with Crippen LogP contribution < -0.4 is 15.4 Å². The number of fused-ring (bicyclic) bond motifs is 1. The van der Waals surface area contributed by atoms with Crippen molar-refractivity contribution in [2.75, 3.05) is 17.2 Å². The minimum atomic E-state index is -0.611. The molecule has 0 spiro atoms. The van der Waals surface area contributed by atoms with E-state index >= 15 is 0 Å². The van der Waals surface area contributed by atoms with Gasteiger partial charge in [0, 0.05) is 47.2 Å². The van der Waals surface area contributed by atoms with Crippen molar-refractivity contribution in [1.82, 2.24) is 0 Å². The molecule has 2 aromatic rings. The first kappa shape index (κ1) is 31.9. The van der Waals surface area contributed by atoms with Gasteiger partial charge in [-0.05, 0) is 69.4 Å². The highest BCUT2D eigenvalue weighted by atomic mass is 32.1. The first-order valence-electron chi connectivity index (χ1n) is 16.0. The van der Waals surface area contributed by atoms with Gasteiger partial charge in [-0.2, -0.15) is 4.28 Å². The van der Waals surface area contributed by atoms with Gasteiger partial charge < -0.3 is 14.8 Å². The molecule has 0 unspecified atom stereocenters. The minimum absolute atomic E-state index is 0.163. The van der Waals surface area contributed by atoms with Crippen molar-refractivity contribution in [2.24, 2.45) is 11.8 Å². The molecule has 236 valence electrons. The van der Waals surface area contributed by atoms with Crippen LogP contribution in [-0.4, -0.2) is 35.3 Å². The molecule has 0 radical (unpaired) electrons. The molecule has 0 atom stereocenters. The molecule has 2 saturated carbocycles. The van der Waals surface area contributed by atoms with Gasteiger partial charge in [0.05, 0.1) is 17.9 Å². The molecule has 2 amide bonds. The van der Waals surface area contributed by atoms with Crippen LogP contribution in [0.25, 0.3) is 0 Å². The Morgan fingerprint density at radius 2 is 1.70 bits per heavy atom. The van der Waals surface area contributed by atoms with E-state index in [9.17, 15) is 14.4 Å². The normalized spacial score (nSPS) is 18.9. The Balaban J connectivity index is 1.30. The van der Waals surface area contributed by atoms with E-state index in [1.165, 1.54) is 57.1 Å². The predicted molar refractivity (Wildman–Crippen MR) is 173 cm³/mol. The Bertz CT molecular complexity index is 1380. The van der Waals surface area contributed by atoms with Gasteiger partial charge in [0.15, 0.2) is 5.78 Å². The van der Waals surface area contributed by atoms with Gasteiger partial charge in [0.1, 0.15) is 24.3 Å². The maximum atomic E-state index is 12.9. The summed E-state index contributed by atoms with van der Waals surface area (Å²) in [6, 6.07) is 11.0. The largest absolute Gasteiger partial charge is 0.494 e. The molecule has 2 fully saturated rings. The van der Waals surface area contributed by atoms with E-state index in [2.05, 4.69) is 29.6 Å². The highest BCUT2D eigenvalue weighted by Crippen LogP contribution is 2.55. The summed E-state index contributed by atoms with van der Waals surface area (Å²) >= 11 is 4.00. The Morgan fingerprint density at radius 1 is 1.02 bits per heavy atom. The van der Waals surface area contributed by atoms with Gasteiger partial charge in [-0.3, -0.25) is 14.9 Å². The lowest BCUT2D eigenvalue weighted by atomic mass is 9.62. The van der Waals surface area contributed by atoms with Crippen molar-refractivity contribution in [2.45, 2.75) is 96.5 Å². The number of carbonyl (C=O) groups is 3. The monoisotopic (exact) mass is 622 g/mol. The first-order valence-corrected chi connectivity index (χ1v) is 16.3. The van der Waals surface area contributed by atoms with E-state index in [1.54, 1.807) is 18.2 Å². The van der Waals surface area contributed by atoms with Crippen LogP contribution in [0.2, 0.25) is 0 Å². The number of ether oxygens (including phenoxy) is 2. The van der Waals surface area contributed by atoms with Gasteiger partial charge in [-0.25, -0.2) is 4.79 Å². The van der Waals surface area contributed by atoms with E-state index in [0.29, 0.717) is 48.2 Å². The molecule has 0 bridgehead atoms. The third kappa shape index (κ3) is 7.06. The van der Waals surface area contributed by atoms with Crippen molar-refractivity contribution in [1.29, 1.82) is 0 Å². The van der Waals surface area contributed by atoms with Crippen LogP contribution in [0.15, 0.2) is 36.4 Å². The number of carbonyl (C=O) groups excluding carboxylic acids is 3. The molecule has 1 heterocycles. The summed E-state index contributed by atoms with van der Waals surface area (Å²) in [5, 5.41) is 5.66. The molecule has 3 aliphatic rings. The summed E-state index contributed by atoms with van der Waals surface area (Å²) in [6.45, 7) is 3.34. The number of Topliss-reactive ketones (excluding diaryl/α,β-unsaturated/α-hetero) is 1. The third-order valence-electron chi connectivity index (χ3n) is 9.27. The van der Waals surface area contributed by atoms with E-state index in [0.717, 1.165) is 42.7 Å². The highest BCUT2D eigenvalue weighted by molar-refractivity contribution is 7.74. The summed E-state index contributed by atoms with van der Waals surface area (Å²) in [5.41, 5.74) is 2.76. The predicted octanol–water partition coefficient (Wildman–Crippen LogP) is 8.12. The highest BCUT2D eigenvalue weighted by Gasteiger charge is 2.53. The van der Waals surface area contributed by atoms with Crippen LogP contribution in [0.3, 0.4) is 0 Å². The van der Waals surface area contributed by atoms with Crippen molar-refractivity contribution in [3.05, 3.63) is 47.5 Å². The molecule has 1 aliphatic heterocycles. The summed E-state index contributed by atoms with van der Waals surface area (Å²) in [4.78, 5) is 36.7.